The summed E-state index contributed by atoms with van der Waals surface area (Å²) in [4.78, 5) is 0. The number of fused-ring (bicyclic) bond motifs is 1. The van der Waals surface area contributed by atoms with Gasteiger partial charge in [-0.15, -0.1) is 6.58 Å². The van der Waals surface area contributed by atoms with Gasteiger partial charge in [-0.05, 0) is 18.9 Å². The highest BCUT2D eigenvalue weighted by Crippen LogP contribution is 2.37. The highest BCUT2D eigenvalue weighted by Gasteiger charge is 2.21. The van der Waals surface area contributed by atoms with Gasteiger partial charge in [0.25, 0.3) is 0 Å². The number of ether oxygens (including phenoxy) is 3. The van der Waals surface area contributed by atoms with Gasteiger partial charge >= 0.3 is 0 Å². The second-order valence-corrected chi connectivity index (χ2v) is 4.02. The Morgan fingerprint density at radius 1 is 1.35 bits per heavy atom. The predicted molar refractivity (Wildman–Crippen MR) is 66.8 cm³/mol. The van der Waals surface area contributed by atoms with Gasteiger partial charge in [0, 0.05) is 16.7 Å². The molecule has 1 aliphatic heterocycles. The maximum Gasteiger partial charge on any atom is 0.126 e. The fourth-order valence-electron chi connectivity index (χ4n) is 2.31. The molecule has 3 nitrogen and oxygen atoms in total. The summed E-state index contributed by atoms with van der Waals surface area (Å²) in [5.74, 6) is 1.85. The predicted octanol–water partition coefficient (Wildman–Crippen LogP) is 2.51. The molecule has 0 saturated carbocycles. The van der Waals surface area contributed by atoms with Crippen LogP contribution in [0, 0.1) is 0 Å². The van der Waals surface area contributed by atoms with E-state index in [1.807, 2.05) is 12.1 Å². The van der Waals surface area contributed by atoms with Crippen molar-refractivity contribution in [2.75, 3.05) is 20.8 Å². The minimum Gasteiger partial charge on any atom is -0.496 e. The van der Waals surface area contributed by atoms with E-state index in [1.54, 1.807) is 14.2 Å². The van der Waals surface area contributed by atoms with Crippen LogP contribution >= 0.6 is 0 Å². The van der Waals surface area contributed by atoms with Gasteiger partial charge in [-0.25, -0.2) is 0 Å². The molecule has 3 heteroatoms. The van der Waals surface area contributed by atoms with Gasteiger partial charge in [0.2, 0.25) is 0 Å². The summed E-state index contributed by atoms with van der Waals surface area (Å²) in [5.41, 5.74) is 3.46. The normalized spacial score (nSPS) is 14.0. The first-order valence-corrected chi connectivity index (χ1v) is 5.76. The molecule has 0 spiro atoms. The molecule has 0 fully saturated rings. The molecule has 0 saturated heterocycles. The zero-order valence-corrected chi connectivity index (χ0v) is 10.4. The maximum atomic E-state index is 5.54. The fourth-order valence-corrected chi connectivity index (χ4v) is 2.31. The Labute approximate surface area is 102 Å². The molecule has 2 rings (SSSR count). The van der Waals surface area contributed by atoms with E-state index in [0.717, 1.165) is 42.1 Å². The largest absolute Gasteiger partial charge is 0.496 e. The van der Waals surface area contributed by atoms with E-state index in [9.17, 15) is 0 Å². The Kier molecular flexibility index (Phi) is 3.69. The summed E-state index contributed by atoms with van der Waals surface area (Å²) >= 11 is 0. The summed E-state index contributed by atoms with van der Waals surface area (Å²) in [6.07, 6.45) is 3.54. The highest BCUT2D eigenvalue weighted by atomic mass is 16.5. The molecule has 0 N–H and O–H groups in total. The third kappa shape index (κ3) is 2.15. The smallest absolute Gasteiger partial charge is 0.126 e. The summed E-state index contributed by atoms with van der Waals surface area (Å²) in [6, 6.07) is 2.02. The van der Waals surface area contributed by atoms with E-state index in [1.165, 1.54) is 5.56 Å². The molecule has 0 aromatic heterocycles. The van der Waals surface area contributed by atoms with Crippen LogP contribution < -0.4 is 9.47 Å². The Morgan fingerprint density at radius 2 is 2.18 bits per heavy atom. The molecule has 92 valence electrons. The first-order chi connectivity index (χ1) is 8.31. The Morgan fingerprint density at radius 3 is 2.82 bits per heavy atom. The van der Waals surface area contributed by atoms with Crippen molar-refractivity contribution in [3.63, 3.8) is 0 Å². The molecule has 0 unspecified atom stereocenters. The van der Waals surface area contributed by atoms with Gasteiger partial charge < -0.3 is 14.2 Å². The average molecular weight is 234 g/mol. The first kappa shape index (κ1) is 12.0. The van der Waals surface area contributed by atoms with Crippen LogP contribution in [0.15, 0.2) is 18.7 Å². The molecule has 0 radical (unpaired) electrons. The molecular weight excluding hydrogens is 216 g/mol. The Hall–Kier alpha value is -1.48. The van der Waals surface area contributed by atoms with Gasteiger partial charge in [-0.3, -0.25) is 0 Å². The van der Waals surface area contributed by atoms with Crippen LogP contribution in [0.5, 0.6) is 11.5 Å². The van der Waals surface area contributed by atoms with Crippen molar-refractivity contribution < 1.29 is 14.2 Å². The number of rotatable bonds is 4. The number of methoxy groups -OCH3 is 2. The standard InChI is InChI=1S/C14H18O3/c1-4-5-10-8-13(15-2)12-9-17-7-6-11(12)14(10)16-3/h4,8H,1,5-7,9H2,2-3H3. The lowest BCUT2D eigenvalue weighted by molar-refractivity contribution is 0.107. The van der Waals surface area contributed by atoms with Crippen molar-refractivity contribution in [1.82, 2.24) is 0 Å². The quantitative estimate of drug-likeness (QED) is 0.749. The van der Waals surface area contributed by atoms with Gasteiger partial charge in [-0.1, -0.05) is 6.08 Å². The van der Waals surface area contributed by atoms with Crippen LogP contribution in [-0.2, 0) is 24.2 Å². The van der Waals surface area contributed by atoms with Gasteiger partial charge in [0.15, 0.2) is 0 Å². The third-order valence-corrected chi connectivity index (χ3v) is 3.06. The molecule has 1 aromatic carbocycles. The van der Waals surface area contributed by atoms with Gasteiger partial charge in [0.05, 0.1) is 27.4 Å². The number of allylic oxidation sites excluding steroid dienone is 1. The van der Waals surface area contributed by atoms with Gasteiger partial charge in [0.1, 0.15) is 11.5 Å². The van der Waals surface area contributed by atoms with E-state index in [2.05, 4.69) is 6.58 Å². The molecule has 1 aromatic rings. The zero-order chi connectivity index (χ0) is 12.3. The average Bonchev–Trinajstić information content (AvgIpc) is 2.38. The van der Waals surface area contributed by atoms with Crippen molar-refractivity contribution in [3.05, 3.63) is 35.4 Å². The van der Waals surface area contributed by atoms with E-state index in [-0.39, 0.29) is 0 Å². The monoisotopic (exact) mass is 234 g/mol. The number of benzene rings is 1. The van der Waals surface area contributed by atoms with Crippen molar-refractivity contribution in [3.8, 4) is 11.5 Å². The van der Waals surface area contributed by atoms with Crippen LogP contribution in [-0.4, -0.2) is 20.8 Å². The lowest BCUT2D eigenvalue weighted by Gasteiger charge is -2.23. The Bertz CT molecular complexity index is 424. The molecule has 0 atom stereocenters. The molecule has 0 aliphatic carbocycles. The topological polar surface area (TPSA) is 27.7 Å². The van der Waals surface area contributed by atoms with Crippen LogP contribution in [0.1, 0.15) is 16.7 Å². The van der Waals surface area contributed by atoms with E-state index in [0.29, 0.717) is 6.61 Å². The summed E-state index contributed by atoms with van der Waals surface area (Å²) < 4.78 is 16.4. The minimum atomic E-state index is 0.600. The molecule has 1 aliphatic rings. The summed E-state index contributed by atoms with van der Waals surface area (Å²) in [7, 11) is 3.40. The summed E-state index contributed by atoms with van der Waals surface area (Å²) in [5, 5.41) is 0. The summed E-state index contributed by atoms with van der Waals surface area (Å²) in [6.45, 7) is 5.12. The number of hydrogen-bond acceptors (Lipinski definition) is 3. The third-order valence-electron chi connectivity index (χ3n) is 3.06. The molecule has 1 heterocycles. The molecule has 0 amide bonds. The second-order valence-electron chi connectivity index (χ2n) is 4.02. The van der Waals surface area contributed by atoms with Crippen LogP contribution in [0.3, 0.4) is 0 Å². The zero-order valence-electron chi connectivity index (χ0n) is 10.4. The first-order valence-electron chi connectivity index (χ1n) is 5.76. The fraction of sp³-hybridized carbons (Fsp3) is 0.429. The lowest BCUT2D eigenvalue weighted by Crippen LogP contribution is -2.14. The van der Waals surface area contributed by atoms with Crippen LogP contribution in [0.4, 0.5) is 0 Å². The second kappa shape index (κ2) is 5.23. The molecule has 0 bridgehead atoms. The van der Waals surface area contributed by atoms with Crippen molar-refractivity contribution in [2.24, 2.45) is 0 Å². The van der Waals surface area contributed by atoms with E-state index in [4.69, 9.17) is 14.2 Å². The SMILES string of the molecule is C=CCc1cc(OC)c2c(c1OC)CCOC2. The molecular formula is C14H18O3. The van der Waals surface area contributed by atoms with Crippen LogP contribution in [0.2, 0.25) is 0 Å². The van der Waals surface area contributed by atoms with Crippen molar-refractivity contribution >= 4 is 0 Å². The van der Waals surface area contributed by atoms with Crippen molar-refractivity contribution in [2.45, 2.75) is 19.4 Å². The minimum absolute atomic E-state index is 0.600. The van der Waals surface area contributed by atoms with E-state index >= 15 is 0 Å². The Balaban J connectivity index is 2.58. The van der Waals surface area contributed by atoms with Crippen LogP contribution in [0.25, 0.3) is 0 Å². The van der Waals surface area contributed by atoms with E-state index < -0.39 is 0 Å². The highest BCUT2D eigenvalue weighted by molar-refractivity contribution is 5.54. The molecule has 17 heavy (non-hydrogen) atoms. The maximum absolute atomic E-state index is 5.54. The lowest BCUT2D eigenvalue weighted by atomic mass is 9.96. The van der Waals surface area contributed by atoms with Gasteiger partial charge in [-0.2, -0.15) is 0 Å². The number of hydrogen-bond donors (Lipinski definition) is 0. The van der Waals surface area contributed by atoms with Crippen molar-refractivity contribution in [1.29, 1.82) is 0 Å².